The van der Waals surface area contributed by atoms with Crippen LogP contribution in [0.3, 0.4) is 0 Å². The van der Waals surface area contributed by atoms with Gasteiger partial charge in [-0.05, 0) is 12.5 Å². The predicted octanol–water partition coefficient (Wildman–Crippen LogP) is 1.67. The van der Waals surface area contributed by atoms with Crippen LogP contribution in [0.15, 0.2) is 11.4 Å². The smallest absolute Gasteiger partial charge is 0.0700 e. The fourth-order valence-electron chi connectivity index (χ4n) is 2.07. The lowest BCUT2D eigenvalue weighted by molar-refractivity contribution is -0.0321. The van der Waals surface area contributed by atoms with Crippen molar-refractivity contribution in [3.05, 3.63) is 21.9 Å². The van der Waals surface area contributed by atoms with E-state index < -0.39 is 0 Å². The second-order valence-electron chi connectivity index (χ2n) is 4.44. The average Bonchev–Trinajstić information content (AvgIpc) is 2.84. The molecule has 0 aliphatic carbocycles. The van der Waals surface area contributed by atoms with E-state index in [0.29, 0.717) is 12.6 Å². The third-order valence-corrected chi connectivity index (χ3v) is 3.97. The van der Waals surface area contributed by atoms with Crippen LogP contribution in [0.25, 0.3) is 0 Å². The number of rotatable bonds is 3. The topological polar surface area (TPSA) is 38.5 Å². The molecule has 0 amide bonds. The minimum atomic E-state index is 0.398. The van der Waals surface area contributed by atoms with E-state index in [4.69, 9.17) is 10.5 Å². The first-order chi connectivity index (χ1) is 8.81. The molecule has 1 aliphatic rings. The van der Waals surface area contributed by atoms with Crippen molar-refractivity contribution in [2.75, 3.05) is 26.2 Å². The van der Waals surface area contributed by atoms with Crippen molar-refractivity contribution in [2.45, 2.75) is 26.0 Å². The average molecular weight is 264 g/mol. The van der Waals surface area contributed by atoms with Crippen LogP contribution in [-0.2, 0) is 11.3 Å². The van der Waals surface area contributed by atoms with Gasteiger partial charge in [0.2, 0.25) is 0 Å². The molecule has 1 aromatic heterocycles. The molecule has 0 bridgehead atoms. The van der Waals surface area contributed by atoms with Crippen LogP contribution in [-0.4, -0.2) is 37.2 Å². The molecule has 4 heteroatoms. The predicted molar refractivity (Wildman–Crippen MR) is 75.6 cm³/mol. The highest BCUT2D eigenvalue weighted by Crippen LogP contribution is 2.18. The van der Waals surface area contributed by atoms with Crippen LogP contribution in [0.1, 0.15) is 23.8 Å². The summed E-state index contributed by atoms with van der Waals surface area (Å²) < 4.78 is 5.68. The van der Waals surface area contributed by atoms with Gasteiger partial charge in [0.1, 0.15) is 0 Å². The lowest BCUT2D eigenvalue weighted by Crippen LogP contribution is -2.41. The van der Waals surface area contributed by atoms with Gasteiger partial charge in [-0.1, -0.05) is 18.8 Å². The quantitative estimate of drug-likeness (QED) is 0.844. The van der Waals surface area contributed by atoms with E-state index in [2.05, 4.69) is 35.1 Å². The van der Waals surface area contributed by atoms with E-state index in [1.165, 1.54) is 4.88 Å². The standard InChI is InChI=1S/C14H20N2OS/c1-2-13-9-16(6-7-17-13)10-14-8-12(11-18-14)4-3-5-15/h8,11,13H,2,5-7,9-10,15H2,1H3. The maximum atomic E-state index is 5.68. The normalized spacial score (nSPS) is 20.4. The van der Waals surface area contributed by atoms with Crippen molar-refractivity contribution in [2.24, 2.45) is 5.73 Å². The Bertz CT molecular complexity index is 432. The van der Waals surface area contributed by atoms with Crippen LogP contribution >= 0.6 is 11.3 Å². The van der Waals surface area contributed by atoms with Gasteiger partial charge in [-0.15, -0.1) is 11.3 Å². The monoisotopic (exact) mass is 264 g/mol. The molecule has 18 heavy (non-hydrogen) atoms. The molecule has 2 heterocycles. The Morgan fingerprint density at radius 1 is 1.61 bits per heavy atom. The van der Waals surface area contributed by atoms with Gasteiger partial charge in [0.25, 0.3) is 0 Å². The minimum absolute atomic E-state index is 0.398. The van der Waals surface area contributed by atoms with Crippen molar-refractivity contribution in [1.29, 1.82) is 0 Å². The molecule has 98 valence electrons. The Morgan fingerprint density at radius 2 is 2.50 bits per heavy atom. The number of nitrogens with two attached hydrogens (primary N) is 1. The van der Waals surface area contributed by atoms with Gasteiger partial charge in [0.05, 0.1) is 19.3 Å². The number of thiophene rings is 1. The Balaban J connectivity index is 1.90. The first-order valence-corrected chi connectivity index (χ1v) is 7.30. The second-order valence-corrected chi connectivity index (χ2v) is 5.44. The van der Waals surface area contributed by atoms with Crippen molar-refractivity contribution < 1.29 is 4.74 Å². The lowest BCUT2D eigenvalue weighted by Gasteiger charge is -2.32. The summed E-state index contributed by atoms with van der Waals surface area (Å²) in [6.07, 6.45) is 1.49. The SMILES string of the molecule is CCC1CN(Cc2cc(C#CCN)cs2)CCO1. The summed E-state index contributed by atoms with van der Waals surface area (Å²) in [7, 11) is 0. The highest BCUT2D eigenvalue weighted by Gasteiger charge is 2.19. The van der Waals surface area contributed by atoms with E-state index in [1.807, 2.05) is 0 Å². The fraction of sp³-hybridized carbons (Fsp3) is 0.571. The van der Waals surface area contributed by atoms with E-state index in [-0.39, 0.29) is 0 Å². The Morgan fingerprint density at radius 3 is 3.28 bits per heavy atom. The molecule has 0 radical (unpaired) electrons. The molecule has 1 atom stereocenters. The van der Waals surface area contributed by atoms with Gasteiger partial charge >= 0.3 is 0 Å². The van der Waals surface area contributed by atoms with E-state index in [1.54, 1.807) is 11.3 Å². The van der Waals surface area contributed by atoms with Crippen molar-refractivity contribution in [3.63, 3.8) is 0 Å². The Kier molecular flexibility index (Phi) is 5.21. The number of hydrogen-bond donors (Lipinski definition) is 1. The zero-order valence-corrected chi connectivity index (χ0v) is 11.6. The third-order valence-electron chi connectivity index (χ3n) is 3.05. The summed E-state index contributed by atoms with van der Waals surface area (Å²) in [6, 6.07) is 2.17. The van der Waals surface area contributed by atoms with E-state index >= 15 is 0 Å². The number of morpholine rings is 1. The van der Waals surface area contributed by atoms with Crippen LogP contribution < -0.4 is 5.73 Å². The van der Waals surface area contributed by atoms with E-state index in [0.717, 1.165) is 38.2 Å². The molecule has 0 aromatic carbocycles. The largest absolute Gasteiger partial charge is 0.376 e. The molecule has 0 spiro atoms. The second kappa shape index (κ2) is 6.91. The molecular weight excluding hydrogens is 244 g/mol. The van der Waals surface area contributed by atoms with Gasteiger partial charge in [-0.2, -0.15) is 0 Å². The van der Waals surface area contributed by atoms with Crippen molar-refractivity contribution in [1.82, 2.24) is 4.90 Å². The lowest BCUT2D eigenvalue weighted by atomic mass is 10.2. The first-order valence-electron chi connectivity index (χ1n) is 6.42. The zero-order chi connectivity index (χ0) is 12.8. The van der Waals surface area contributed by atoms with Gasteiger partial charge < -0.3 is 10.5 Å². The molecule has 3 nitrogen and oxygen atoms in total. The highest BCUT2D eigenvalue weighted by molar-refractivity contribution is 7.10. The molecular formula is C14H20N2OS. The molecule has 2 N–H and O–H groups in total. The number of ether oxygens (including phenoxy) is 1. The maximum absolute atomic E-state index is 5.68. The summed E-state index contributed by atoms with van der Waals surface area (Å²) >= 11 is 1.78. The first kappa shape index (κ1) is 13.6. The summed E-state index contributed by atoms with van der Waals surface area (Å²) in [5, 5.41) is 2.11. The highest BCUT2D eigenvalue weighted by atomic mass is 32.1. The van der Waals surface area contributed by atoms with Crippen LogP contribution in [0, 0.1) is 11.8 Å². The molecule has 1 unspecified atom stereocenters. The van der Waals surface area contributed by atoms with Crippen molar-refractivity contribution in [3.8, 4) is 11.8 Å². The van der Waals surface area contributed by atoms with Crippen LogP contribution in [0.5, 0.6) is 0 Å². The maximum Gasteiger partial charge on any atom is 0.0700 e. The summed E-state index contributed by atoms with van der Waals surface area (Å²) in [4.78, 5) is 3.83. The zero-order valence-electron chi connectivity index (χ0n) is 10.8. The molecule has 1 saturated heterocycles. The number of nitrogens with zero attached hydrogens (tertiary/aromatic N) is 1. The third kappa shape index (κ3) is 3.82. The van der Waals surface area contributed by atoms with Gasteiger partial charge in [0, 0.05) is 35.5 Å². The van der Waals surface area contributed by atoms with Gasteiger partial charge in [-0.3, -0.25) is 4.90 Å². The van der Waals surface area contributed by atoms with Gasteiger partial charge in [0.15, 0.2) is 0 Å². The van der Waals surface area contributed by atoms with Crippen molar-refractivity contribution >= 4 is 11.3 Å². The van der Waals surface area contributed by atoms with Gasteiger partial charge in [-0.25, -0.2) is 0 Å². The molecule has 0 saturated carbocycles. The molecule has 1 aromatic rings. The molecule has 2 rings (SSSR count). The minimum Gasteiger partial charge on any atom is -0.376 e. The summed E-state index contributed by atoms with van der Waals surface area (Å²) in [6.45, 7) is 6.53. The summed E-state index contributed by atoms with van der Waals surface area (Å²) in [5.41, 5.74) is 6.45. The Labute approximate surface area is 113 Å². The Hall–Kier alpha value is -0.860. The molecule has 1 aliphatic heterocycles. The van der Waals surface area contributed by atoms with Crippen LogP contribution in [0.2, 0.25) is 0 Å². The summed E-state index contributed by atoms with van der Waals surface area (Å²) in [5.74, 6) is 5.96. The fourth-order valence-corrected chi connectivity index (χ4v) is 2.93. The van der Waals surface area contributed by atoms with E-state index in [9.17, 15) is 0 Å². The number of hydrogen-bond acceptors (Lipinski definition) is 4. The van der Waals surface area contributed by atoms with Crippen LogP contribution in [0.4, 0.5) is 0 Å². The molecule has 1 fully saturated rings.